The third-order valence-corrected chi connectivity index (χ3v) is 3.82. The number of rotatable bonds is 5. The van der Waals surface area contributed by atoms with Gasteiger partial charge in [0.05, 0.1) is 11.6 Å². The lowest BCUT2D eigenvalue weighted by Gasteiger charge is -2.18. The predicted octanol–water partition coefficient (Wildman–Crippen LogP) is 2.62. The van der Waals surface area contributed by atoms with Crippen molar-refractivity contribution in [2.45, 2.75) is 26.7 Å². The van der Waals surface area contributed by atoms with E-state index in [1.807, 2.05) is 13.8 Å². The van der Waals surface area contributed by atoms with Gasteiger partial charge in [-0.15, -0.1) is 0 Å². The zero-order valence-electron chi connectivity index (χ0n) is 13.0. The second-order valence-corrected chi connectivity index (χ2v) is 6.07. The van der Waals surface area contributed by atoms with Crippen molar-refractivity contribution >= 4 is 17.5 Å². The molecular formula is C16H19F3N2O2. The fourth-order valence-electron chi connectivity index (χ4n) is 2.47. The molecule has 1 aromatic carbocycles. The van der Waals surface area contributed by atoms with E-state index in [1.165, 1.54) is 0 Å². The molecule has 1 saturated heterocycles. The van der Waals surface area contributed by atoms with Crippen LogP contribution in [0.25, 0.3) is 0 Å². The normalized spacial score (nSPS) is 17.9. The van der Waals surface area contributed by atoms with Gasteiger partial charge >= 0.3 is 0 Å². The summed E-state index contributed by atoms with van der Waals surface area (Å²) < 4.78 is 40.1. The Morgan fingerprint density at radius 1 is 1.30 bits per heavy atom. The summed E-state index contributed by atoms with van der Waals surface area (Å²) in [4.78, 5) is 25.0. The molecule has 2 amide bonds. The van der Waals surface area contributed by atoms with E-state index in [2.05, 4.69) is 5.32 Å². The molecule has 1 aliphatic heterocycles. The van der Waals surface area contributed by atoms with Crippen LogP contribution in [0.2, 0.25) is 0 Å². The van der Waals surface area contributed by atoms with Gasteiger partial charge < -0.3 is 10.2 Å². The molecule has 0 radical (unpaired) electrons. The third kappa shape index (κ3) is 3.83. The minimum Gasteiger partial charge on any atom is -0.356 e. The van der Waals surface area contributed by atoms with Crippen LogP contribution in [0.3, 0.4) is 0 Å². The van der Waals surface area contributed by atoms with E-state index in [0.29, 0.717) is 12.5 Å². The molecule has 0 aliphatic carbocycles. The predicted molar refractivity (Wildman–Crippen MR) is 79.2 cm³/mol. The highest BCUT2D eigenvalue weighted by Gasteiger charge is 2.36. The third-order valence-electron chi connectivity index (χ3n) is 3.82. The van der Waals surface area contributed by atoms with Crippen LogP contribution in [-0.2, 0) is 9.59 Å². The molecule has 1 unspecified atom stereocenters. The Morgan fingerprint density at radius 3 is 2.65 bits per heavy atom. The van der Waals surface area contributed by atoms with Crippen LogP contribution in [0.5, 0.6) is 0 Å². The summed E-state index contributed by atoms with van der Waals surface area (Å²) in [5, 5.41) is 2.74. The molecule has 126 valence electrons. The Labute approximate surface area is 132 Å². The van der Waals surface area contributed by atoms with Crippen molar-refractivity contribution in [2.24, 2.45) is 11.8 Å². The van der Waals surface area contributed by atoms with E-state index in [4.69, 9.17) is 0 Å². The van der Waals surface area contributed by atoms with Gasteiger partial charge in [-0.2, -0.15) is 0 Å². The van der Waals surface area contributed by atoms with Gasteiger partial charge in [-0.05, 0) is 24.5 Å². The van der Waals surface area contributed by atoms with Crippen molar-refractivity contribution < 1.29 is 22.8 Å². The first-order valence-electron chi connectivity index (χ1n) is 7.52. The van der Waals surface area contributed by atoms with Gasteiger partial charge in [0.25, 0.3) is 0 Å². The quantitative estimate of drug-likeness (QED) is 0.845. The van der Waals surface area contributed by atoms with Crippen LogP contribution >= 0.6 is 0 Å². The fraction of sp³-hybridized carbons (Fsp3) is 0.500. The van der Waals surface area contributed by atoms with Crippen LogP contribution < -0.4 is 10.2 Å². The molecular weight excluding hydrogens is 309 g/mol. The number of halogens is 3. The molecule has 1 N–H and O–H groups in total. The summed E-state index contributed by atoms with van der Waals surface area (Å²) in [6.07, 6.45) is 0.736. The first-order valence-corrected chi connectivity index (χ1v) is 7.52. The van der Waals surface area contributed by atoms with E-state index in [-0.39, 0.29) is 24.6 Å². The molecule has 2 rings (SSSR count). The molecule has 0 bridgehead atoms. The second-order valence-electron chi connectivity index (χ2n) is 6.07. The highest BCUT2D eigenvalue weighted by molar-refractivity contribution is 6.00. The lowest BCUT2D eigenvalue weighted by atomic mass is 10.1. The van der Waals surface area contributed by atoms with Crippen molar-refractivity contribution in [3.8, 4) is 0 Å². The molecule has 23 heavy (non-hydrogen) atoms. The minimum absolute atomic E-state index is 0.0473. The summed E-state index contributed by atoms with van der Waals surface area (Å²) in [6, 6.07) is 1.77. The number of amides is 2. The van der Waals surface area contributed by atoms with Gasteiger partial charge in [-0.25, -0.2) is 13.2 Å². The Morgan fingerprint density at radius 2 is 2.00 bits per heavy atom. The van der Waals surface area contributed by atoms with Gasteiger partial charge in [0.2, 0.25) is 11.8 Å². The number of carbonyl (C=O) groups is 2. The van der Waals surface area contributed by atoms with E-state index >= 15 is 0 Å². The van der Waals surface area contributed by atoms with Crippen molar-refractivity contribution in [1.82, 2.24) is 5.32 Å². The molecule has 0 aromatic heterocycles. The number of benzene rings is 1. The van der Waals surface area contributed by atoms with E-state index in [1.54, 1.807) is 0 Å². The Hall–Kier alpha value is -2.05. The Kier molecular flexibility index (Phi) is 5.28. The average molecular weight is 328 g/mol. The zero-order valence-corrected chi connectivity index (χ0v) is 13.0. The lowest BCUT2D eigenvalue weighted by molar-refractivity contribution is -0.126. The largest absolute Gasteiger partial charge is 0.356 e. The molecule has 7 heteroatoms. The van der Waals surface area contributed by atoms with Crippen molar-refractivity contribution in [1.29, 1.82) is 0 Å². The number of nitrogens with one attached hydrogen (secondary N) is 1. The monoisotopic (exact) mass is 328 g/mol. The minimum atomic E-state index is -1.62. The van der Waals surface area contributed by atoms with E-state index < -0.39 is 29.3 Å². The highest BCUT2D eigenvalue weighted by atomic mass is 19.2. The summed E-state index contributed by atoms with van der Waals surface area (Å²) in [6.45, 7) is 4.51. The molecule has 4 nitrogen and oxygen atoms in total. The molecule has 1 fully saturated rings. The summed E-state index contributed by atoms with van der Waals surface area (Å²) in [5.41, 5.74) is -0.341. The van der Waals surface area contributed by atoms with Gasteiger partial charge in [-0.1, -0.05) is 13.8 Å². The van der Waals surface area contributed by atoms with Crippen molar-refractivity contribution in [3.63, 3.8) is 0 Å². The van der Waals surface area contributed by atoms with Gasteiger partial charge in [0.1, 0.15) is 0 Å². The maximum absolute atomic E-state index is 13.8. The lowest BCUT2D eigenvalue weighted by Crippen LogP contribution is -2.34. The van der Waals surface area contributed by atoms with Crippen molar-refractivity contribution in [3.05, 3.63) is 29.6 Å². The number of anilines is 1. The fourth-order valence-corrected chi connectivity index (χ4v) is 2.47. The van der Waals surface area contributed by atoms with Crippen molar-refractivity contribution in [2.75, 3.05) is 18.0 Å². The number of carbonyl (C=O) groups excluding carboxylic acids is 2. The van der Waals surface area contributed by atoms with Gasteiger partial charge in [0, 0.05) is 19.5 Å². The second kappa shape index (κ2) is 7.02. The summed E-state index contributed by atoms with van der Waals surface area (Å²) in [7, 11) is 0. The number of nitrogens with zero attached hydrogens (tertiary/aromatic N) is 1. The maximum Gasteiger partial charge on any atom is 0.227 e. The molecule has 1 aliphatic rings. The van der Waals surface area contributed by atoms with Crippen LogP contribution in [-0.4, -0.2) is 24.9 Å². The van der Waals surface area contributed by atoms with Gasteiger partial charge in [0.15, 0.2) is 17.5 Å². The van der Waals surface area contributed by atoms with E-state index in [0.717, 1.165) is 23.5 Å². The average Bonchev–Trinajstić information content (AvgIpc) is 2.86. The molecule has 1 aromatic rings. The molecule has 1 atom stereocenters. The number of hydrogen-bond acceptors (Lipinski definition) is 2. The van der Waals surface area contributed by atoms with Crippen LogP contribution in [0.15, 0.2) is 12.1 Å². The van der Waals surface area contributed by atoms with Crippen LogP contribution in [0.1, 0.15) is 26.7 Å². The topological polar surface area (TPSA) is 49.4 Å². The Bertz CT molecular complexity index is 620. The maximum atomic E-state index is 13.8. The number of hydrogen-bond donors (Lipinski definition) is 1. The first-order chi connectivity index (χ1) is 10.8. The summed E-state index contributed by atoms with van der Waals surface area (Å²) >= 11 is 0. The van der Waals surface area contributed by atoms with E-state index in [9.17, 15) is 22.8 Å². The van der Waals surface area contributed by atoms with Crippen LogP contribution in [0.4, 0.5) is 18.9 Å². The first kappa shape index (κ1) is 17.3. The highest BCUT2D eigenvalue weighted by Crippen LogP contribution is 2.29. The SMILES string of the molecule is CC(C)CCNC(=O)C1CC(=O)N(c2ccc(F)c(F)c2F)C1. The molecule has 0 spiro atoms. The Balaban J connectivity index is 2.06. The molecule has 1 heterocycles. The molecule has 0 saturated carbocycles. The van der Waals surface area contributed by atoms with Crippen LogP contribution in [0, 0.1) is 29.3 Å². The zero-order chi connectivity index (χ0) is 17.1. The smallest absolute Gasteiger partial charge is 0.227 e. The van der Waals surface area contributed by atoms with Gasteiger partial charge in [-0.3, -0.25) is 9.59 Å². The summed E-state index contributed by atoms with van der Waals surface area (Å²) in [5.74, 6) is -5.32. The standard InChI is InChI=1S/C16H19F3N2O2/c1-9(2)5-6-20-16(23)10-7-13(22)21(8-10)12-4-3-11(17)14(18)15(12)19/h3-4,9-10H,5-8H2,1-2H3,(H,20,23).